The van der Waals surface area contributed by atoms with Crippen molar-refractivity contribution in [1.82, 2.24) is 0 Å². The Kier molecular flexibility index (Phi) is 17.2. The summed E-state index contributed by atoms with van der Waals surface area (Å²) in [5.74, 6) is -4.92. The Bertz CT molecular complexity index is 787. The second-order valence-electron chi connectivity index (χ2n) is 12.4. The molecule has 0 bridgehead atoms. The molecule has 8 heteroatoms. The summed E-state index contributed by atoms with van der Waals surface area (Å²) in [4.78, 5) is 49.5. The van der Waals surface area contributed by atoms with Crippen LogP contribution < -0.4 is 0 Å². The van der Waals surface area contributed by atoms with Crippen molar-refractivity contribution < 1.29 is 38.9 Å². The normalized spacial score (nSPS) is 14.6. The number of rotatable bonds is 20. The summed E-state index contributed by atoms with van der Waals surface area (Å²) < 4.78 is 10.5. The fourth-order valence-electron chi connectivity index (χ4n) is 4.12. The average Bonchev–Trinajstić information content (AvgIpc) is 2.77. The van der Waals surface area contributed by atoms with E-state index in [1.807, 2.05) is 0 Å². The number of carbonyl (C=O) groups excluding carboxylic acids is 3. The molecule has 0 aromatic carbocycles. The fourth-order valence-corrected chi connectivity index (χ4v) is 4.12. The van der Waals surface area contributed by atoms with Crippen LogP contribution >= 0.6 is 0 Å². The van der Waals surface area contributed by atoms with Crippen molar-refractivity contribution in [2.24, 2.45) is 5.92 Å². The Hall–Kier alpha value is -2.22. The summed E-state index contributed by atoms with van der Waals surface area (Å²) in [6.07, 6.45) is 14.2. The third-order valence-corrected chi connectivity index (χ3v) is 6.08. The van der Waals surface area contributed by atoms with Crippen LogP contribution in [0.2, 0.25) is 0 Å². The topological polar surface area (TPSA) is 127 Å². The monoisotopic (exact) mass is 554 g/mol. The lowest BCUT2D eigenvalue weighted by Crippen LogP contribution is -2.53. The Morgan fingerprint density at radius 1 is 0.744 bits per heavy atom. The molecule has 0 fully saturated rings. The minimum atomic E-state index is -2.63. The molecule has 2 atom stereocenters. The number of carbonyl (C=O) groups is 4. The summed E-state index contributed by atoms with van der Waals surface area (Å²) in [5, 5.41) is 21.1. The van der Waals surface area contributed by atoms with Gasteiger partial charge in [-0.05, 0) is 67.2 Å². The van der Waals surface area contributed by atoms with E-state index in [4.69, 9.17) is 9.47 Å². The third-order valence-electron chi connectivity index (χ3n) is 6.08. The molecular formula is C31H54O8. The molecule has 0 aliphatic heterocycles. The second kappa shape index (κ2) is 18.2. The largest absolute Gasteiger partial charge is 0.481 e. The van der Waals surface area contributed by atoms with E-state index in [-0.39, 0.29) is 0 Å². The number of Topliss-reactive ketones (excluding diaryl/α,β-unsaturated/α-hetero) is 1. The zero-order valence-electron chi connectivity index (χ0n) is 25.5. The highest BCUT2D eigenvalue weighted by atomic mass is 16.6. The van der Waals surface area contributed by atoms with E-state index in [0.29, 0.717) is 25.0 Å². The number of hydrogen-bond donors (Lipinski definition) is 2. The van der Waals surface area contributed by atoms with Crippen LogP contribution in [0.25, 0.3) is 0 Å². The van der Waals surface area contributed by atoms with Crippen molar-refractivity contribution in [3.63, 3.8) is 0 Å². The Labute approximate surface area is 235 Å². The van der Waals surface area contributed by atoms with Gasteiger partial charge in [0.1, 0.15) is 22.9 Å². The van der Waals surface area contributed by atoms with Crippen LogP contribution in [0.3, 0.4) is 0 Å². The molecule has 0 heterocycles. The molecule has 0 aliphatic carbocycles. The maximum Gasteiger partial charge on any atom is 0.340 e. The lowest BCUT2D eigenvalue weighted by molar-refractivity contribution is -0.192. The number of ketones is 1. The number of hydrogen-bond acceptors (Lipinski definition) is 7. The van der Waals surface area contributed by atoms with Gasteiger partial charge in [0.2, 0.25) is 0 Å². The number of carboxylic acids is 1. The molecule has 39 heavy (non-hydrogen) atoms. The van der Waals surface area contributed by atoms with E-state index in [1.165, 1.54) is 31.8 Å². The van der Waals surface area contributed by atoms with Crippen molar-refractivity contribution in [2.45, 2.75) is 155 Å². The van der Waals surface area contributed by atoms with E-state index < -0.39 is 47.0 Å². The van der Waals surface area contributed by atoms with Crippen molar-refractivity contribution in [3.05, 3.63) is 12.2 Å². The van der Waals surface area contributed by atoms with E-state index in [9.17, 15) is 29.4 Å². The molecule has 0 saturated heterocycles. The van der Waals surface area contributed by atoms with Gasteiger partial charge in [-0.2, -0.15) is 0 Å². The number of unbranched alkanes of at least 4 members (excludes halogenated alkanes) is 9. The van der Waals surface area contributed by atoms with Gasteiger partial charge in [0, 0.05) is 12.8 Å². The molecule has 0 rings (SSSR count). The molecule has 2 N–H and O–H groups in total. The number of carboxylic acid groups (broad SMARTS) is 1. The van der Waals surface area contributed by atoms with Crippen LogP contribution in [0.1, 0.15) is 138 Å². The number of aliphatic carboxylic acids is 1. The van der Waals surface area contributed by atoms with E-state index in [1.54, 1.807) is 47.6 Å². The maximum absolute atomic E-state index is 12.9. The number of esters is 2. The van der Waals surface area contributed by atoms with Gasteiger partial charge in [-0.1, -0.05) is 64.0 Å². The predicted octanol–water partition coefficient (Wildman–Crippen LogP) is 6.71. The standard InChI is InChI=1S/C31H54O8/c1-8-9-10-11-14-17-20-24(32)21-18-15-12-13-16-19-22-25(27(34)35)31(37,28(36)39-30(5,6)7)23-26(33)38-29(2,3)4/h19,22,25,37H,8-18,20-21,23H2,1-7H3,(H,34,35)/b22-19+/t25-,31+/m1/s1. The van der Waals surface area contributed by atoms with Crippen LogP contribution in [-0.2, 0) is 28.7 Å². The van der Waals surface area contributed by atoms with Gasteiger partial charge in [0.05, 0.1) is 6.42 Å². The molecule has 0 saturated carbocycles. The lowest BCUT2D eigenvalue weighted by atomic mass is 9.83. The summed E-state index contributed by atoms with van der Waals surface area (Å²) in [5.41, 5.74) is -4.50. The molecule has 8 nitrogen and oxygen atoms in total. The van der Waals surface area contributed by atoms with Gasteiger partial charge >= 0.3 is 17.9 Å². The van der Waals surface area contributed by atoms with Crippen molar-refractivity contribution >= 4 is 23.7 Å². The van der Waals surface area contributed by atoms with Crippen LogP contribution in [0.15, 0.2) is 12.2 Å². The molecule has 0 amide bonds. The van der Waals surface area contributed by atoms with Crippen molar-refractivity contribution in [2.75, 3.05) is 0 Å². The summed E-state index contributed by atoms with van der Waals surface area (Å²) in [7, 11) is 0. The van der Waals surface area contributed by atoms with Gasteiger partial charge in [0.25, 0.3) is 0 Å². The maximum atomic E-state index is 12.9. The van der Waals surface area contributed by atoms with Gasteiger partial charge in [-0.15, -0.1) is 0 Å². The number of ether oxygens (including phenoxy) is 2. The van der Waals surface area contributed by atoms with Gasteiger partial charge in [-0.3, -0.25) is 14.4 Å². The highest BCUT2D eigenvalue weighted by Crippen LogP contribution is 2.29. The highest BCUT2D eigenvalue weighted by molar-refractivity contribution is 5.92. The van der Waals surface area contributed by atoms with Gasteiger partial charge in [0.15, 0.2) is 5.60 Å². The van der Waals surface area contributed by atoms with E-state index in [0.717, 1.165) is 38.5 Å². The molecule has 226 valence electrons. The molecule has 0 radical (unpaired) electrons. The molecular weight excluding hydrogens is 500 g/mol. The number of aliphatic hydroxyl groups is 1. The first kappa shape index (κ1) is 36.8. The number of allylic oxidation sites excluding steroid dienone is 1. The Morgan fingerprint density at radius 2 is 1.23 bits per heavy atom. The van der Waals surface area contributed by atoms with Crippen LogP contribution in [0, 0.1) is 5.92 Å². The first-order chi connectivity index (χ1) is 18.0. The Balaban J connectivity index is 4.87. The first-order valence-electron chi connectivity index (χ1n) is 14.6. The molecule has 0 unspecified atom stereocenters. The minimum Gasteiger partial charge on any atom is -0.481 e. The zero-order valence-corrected chi connectivity index (χ0v) is 25.5. The zero-order chi connectivity index (χ0) is 30.1. The van der Waals surface area contributed by atoms with Crippen molar-refractivity contribution in [3.8, 4) is 0 Å². The van der Waals surface area contributed by atoms with E-state index >= 15 is 0 Å². The third kappa shape index (κ3) is 17.9. The minimum absolute atomic E-state index is 0.320. The fraction of sp³-hybridized carbons (Fsp3) is 0.806. The summed E-state index contributed by atoms with van der Waals surface area (Å²) in [6.45, 7) is 11.9. The average molecular weight is 555 g/mol. The Morgan fingerprint density at radius 3 is 1.72 bits per heavy atom. The van der Waals surface area contributed by atoms with Crippen LogP contribution in [0.5, 0.6) is 0 Å². The van der Waals surface area contributed by atoms with E-state index in [2.05, 4.69) is 6.92 Å². The predicted molar refractivity (Wildman–Crippen MR) is 152 cm³/mol. The van der Waals surface area contributed by atoms with Crippen LogP contribution in [0.4, 0.5) is 0 Å². The summed E-state index contributed by atoms with van der Waals surface area (Å²) >= 11 is 0. The van der Waals surface area contributed by atoms with Crippen LogP contribution in [-0.4, -0.2) is 50.7 Å². The molecule has 0 aliphatic rings. The SMILES string of the molecule is CCCCCCCCC(=O)CCCCCC/C=C/[C@H](C(=O)O)[C@@](O)(CC(=O)OC(C)(C)C)C(=O)OC(C)(C)C. The van der Waals surface area contributed by atoms with Gasteiger partial charge < -0.3 is 19.7 Å². The first-order valence-corrected chi connectivity index (χ1v) is 14.6. The summed E-state index contributed by atoms with van der Waals surface area (Å²) in [6, 6.07) is 0. The smallest absolute Gasteiger partial charge is 0.340 e. The molecule has 0 spiro atoms. The van der Waals surface area contributed by atoms with Crippen molar-refractivity contribution in [1.29, 1.82) is 0 Å². The quantitative estimate of drug-likeness (QED) is 0.0966. The molecule has 0 aromatic heterocycles. The highest BCUT2D eigenvalue weighted by Gasteiger charge is 2.51. The molecule has 0 aromatic rings. The van der Waals surface area contributed by atoms with Gasteiger partial charge in [-0.25, -0.2) is 4.79 Å². The lowest BCUT2D eigenvalue weighted by Gasteiger charge is -2.33. The second-order valence-corrected chi connectivity index (χ2v) is 12.4.